The number of rotatable bonds is 3. The van der Waals surface area contributed by atoms with Crippen LogP contribution in [0.15, 0.2) is 42.5 Å². The van der Waals surface area contributed by atoms with Gasteiger partial charge in [-0.3, -0.25) is 4.79 Å². The highest BCUT2D eigenvalue weighted by atomic mass is 16.3. The van der Waals surface area contributed by atoms with Crippen LogP contribution in [-0.4, -0.2) is 27.1 Å². The third-order valence-electron chi connectivity index (χ3n) is 4.37. The predicted molar refractivity (Wildman–Crippen MR) is 88.5 cm³/mol. The number of phenols is 2. The molecule has 3 rings (SSSR count). The number of benzene rings is 2. The van der Waals surface area contributed by atoms with E-state index in [0.717, 1.165) is 12.1 Å². The molecule has 1 amide bonds. The van der Waals surface area contributed by atoms with Gasteiger partial charge in [-0.25, -0.2) is 0 Å². The summed E-state index contributed by atoms with van der Waals surface area (Å²) in [7, 11) is 0. The Bertz CT molecular complexity index is 745. The van der Waals surface area contributed by atoms with Gasteiger partial charge in [-0.05, 0) is 31.5 Å². The molecule has 1 aliphatic rings. The van der Waals surface area contributed by atoms with Gasteiger partial charge in [0.05, 0.1) is 5.56 Å². The summed E-state index contributed by atoms with van der Waals surface area (Å²) in [5, 5.41) is 23.3. The molecule has 3 N–H and O–H groups in total. The fourth-order valence-electron chi connectivity index (χ4n) is 2.92. The zero-order chi connectivity index (χ0) is 16.6. The number of phenolic OH excluding ortho intramolecular Hbond substituents is 2. The number of hydrogen-bond acceptors (Lipinski definition) is 4. The average Bonchev–Trinajstić information content (AvgIpc) is 2.56. The SMILES string of the molecule is CC[C@H](C)N1C(=O)c2ccccc2N[C@H]1c1cccc(O)c1O. The highest BCUT2D eigenvalue weighted by Gasteiger charge is 2.36. The van der Waals surface area contributed by atoms with Crippen LogP contribution >= 0.6 is 0 Å². The standard InChI is InChI=1S/C18H20N2O3/c1-3-11(2)20-17(13-8-6-10-15(21)16(13)22)19-14-9-5-4-7-12(14)18(20)23/h4-11,17,19,21-22H,3H2,1-2H3/t11-,17+/m0/s1. The number of carbonyl (C=O) groups is 1. The molecule has 5 heteroatoms. The largest absolute Gasteiger partial charge is 0.504 e. The summed E-state index contributed by atoms with van der Waals surface area (Å²) in [6.45, 7) is 3.98. The molecule has 1 aliphatic heterocycles. The van der Waals surface area contributed by atoms with Crippen molar-refractivity contribution >= 4 is 11.6 Å². The van der Waals surface area contributed by atoms with Crippen LogP contribution < -0.4 is 5.32 Å². The van der Waals surface area contributed by atoms with E-state index in [2.05, 4.69) is 5.32 Å². The van der Waals surface area contributed by atoms with Crippen LogP contribution in [0.3, 0.4) is 0 Å². The van der Waals surface area contributed by atoms with Gasteiger partial charge in [0.2, 0.25) is 0 Å². The van der Waals surface area contributed by atoms with E-state index in [-0.39, 0.29) is 23.4 Å². The Labute approximate surface area is 135 Å². The fourth-order valence-corrected chi connectivity index (χ4v) is 2.92. The Kier molecular flexibility index (Phi) is 3.86. The number of hydrogen-bond donors (Lipinski definition) is 3. The van der Waals surface area contributed by atoms with E-state index >= 15 is 0 Å². The second-order valence-electron chi connectivity index (χ2n) is 5.78. The second kappa shape index (κ2) is 5.83. The van der Waals surface area contributed by atoms with Gasteiger partial charge in [-0.1, -0.05) is 31.2 Å². The molecule has 0 bridgehead atoms. The van der Waals surface area contributed by atoms with E-state index in [0.29, 0.717) is 11.1 Å². The number of carbonyl (C=O) groups excluding carboxylic acids is 1. The number of anilines is 1. The monoisotopic (exact) mass is 312 g/mol. The Hall–Kier alpha value is -2.69. The summed E-state index contributed by atoms with van der Waals surface area (Å²) in [6, 6.07) is 12.1. The molecule has 0 spiro atoms. The van der Waals surface area contributed by atoms with Crippen molar-refractivity contribution in [2.45, 2.75) is 32.5 Å². The van der Waals surface area contributed by atoms with Crippen molar-refractivity contribution in [3.63, 3.8) is 0 Å². The molecule has 1 heterocycles. The summed E-state index contributed by atoms with van der Waals surface area (Å²) in [4.78, 5) is 14.7. The average molecular weight is 312 g/mol. The van der Waals surface area contributed by atoms with Gasteiger partial charge in [-0.2, -0.15) is 0 Å². The number of amides is 1. The van der Waals surface area contributed by atoms with Gasteiger partial charge in [0.15, 0.2) is 11.5 Å². The molecule has 0 fully saturated rings. The van der Waals surface area contributed by atoms with Crippen molar-refractivity contribution in [3.05, 3.63) is 53.6 Å². The first-order valence-electron chi connectivity index (χ1n) is 7.73. The molecule has 0 radical (unpaired) electrons. The molecule has 0 aliphatic carbocycles. The number of fused-ring (bicyclic) bond motifs is 1. The maximum Gasteiger partial charge on any atom is 0.258 e. The summed E-state index contributed by atoms with van der Waals surface area (Å²) >= 11 is 0. The molecule has 0 aromatic heterocycles. The Morgan fingerprint density at radius 3 is 2.65 bits per heavy atom. The highest BCUT2D eigenvalue weighted by molar-refractivity contribution is 6.02. The smallest absolute Gasteiger partial charge is 0.258 e. The van der Waals surface area contributed by atoms with E-state index in [1.807, 2.05) is 32.0 Å². The number of aromatic hydroxyl groups is 2. The normalized spacial score (nSPS) is 18.3. The topological polar surface area (TPSA) is 72.8 Å². The number of nitrogens with zero attached hydrogens (tertiary/aromatic N) is 1. The van der Waals surface area contributed by atoms with E-state index in [9.17, 15) is 15.0 Å². The molecular formula is C18H20N2O3. The van der Waals surface area contributed by atoms with Crippen LogP contribution in [0.1, 0.15) is 42.4 Å². The minimum absolute atomic E-state index is 0.0184. The van der Waals surface area contributed by atoms with Crippen molar-refractivity contribution in [1.82, 2.24) is 4.90 Å². The van der Waals surface area contributed by atoms with Crippen LogP contribution in [0.25, 0.3) is 0 Å². The van der Waals surface area contributed by atoms with Gasteiger partial charge in [0.1, 0.15) is 6.17 Å². The van der Waals surface area contributed by atoms with Gasteiger partial charge in [0.25, 0.3) is 5.91 Å². The third kappa shape index (κ3) is 2.48. The van der Waals surface area contributed by atoms with Crippen molar-refractivity contribution in [2.24, 2.45) is 0 Å². The van der Waals surface area contributed by atoms with Crippen molar-refractivity contribution < 1.29 is 15.0 Å². The van der Waals surface area contributed by atoms with Crippen LogP contribution in [0, 0.1) is 0 Å². The third-order valence-corrected chi connectivity index (χ3v) is 4.37. The molecule has 120 valence electrons. The first-order valence-corrected chi connectivity index (χ1v) is 7.73. The molecule has 5 nitrogen and oxygen atoms in total. The zero-order valence-corrected chi connectivity index (χ0v) is 13.2. The highest BCUT2D eigenvalue weighted by Crippen LogP contribution is 2.40. The van der Waals surface area contributed by atoms with Gasteiger partial charge >= 0.3 is 0 Å². The molecule has 0 saturated carbocycles. The van der Waals surface area contributed by atoms with E-state index in [4.69, 9.17) is 0 Å². The summed E-state index contributed by atoms with van der Waals surface area (Å²) in [5.41, 5.74) is 1.82. The molecule has 0 saturated heterocycles. The Balaban J connectivity index is 2.14. The first kappa shape index (κ1) is 15.2. The van der Waals surface area contributed by atoms with Crippen LogP contribution in [-0.2, 0) is 0 Å². The van der Waals surface area contributed by atoms with E-state index < -0.39 is 6.17 Å². The predicted octanol–water partition coefficient (Wildman–Crippen LogP) is 3.46. The van der Waals surface area contributed by atoms with Gasteiger partial charge < -0.3 is 20.4 Å². The lowest BCUT2D eigenvalue weighted by atomic mass is 10.00. The van der Waals surface area contributed by atoms with Gasteiger partial charge in [-0.15, -0.1) is 0 Å². The lowest BCUT2D eigenvalue weighted by Gasteiger charge is -2.41. The molecule has 0 unspecified atom stereocenters. The quantitative estimate of drug-likeness (QED) is 0.759. The number of para-hydroxylation sites is 2. The van der Waals surface area contributed by atoms with E-state index in [1.54, 1.807) is 23.1 Å². The maximum atomic E-state index is 12.9. The Morgan fingerprint density at radius 1 is 1.17 bits per heavy atom. The number of nitrogens with one attached hydrogen (secondary N) is 1. The fraction of sp³-hybridized carbons (Fsp3) is 0.278. The Morgan fingerprint density at radius 2 is 1.91 bits per heavy atom. The molecule has 2 aromatic carbocycles. The lowest BCUT2D eigenvalue weighted by molar-refractivity contribution is 0.0591. The molecular weight excluding hydrogens is 292 g/mol. The maximum absolute atomic E-state index is 12.9. The summed E-state index contributed by atoms with van der Waals surface area (Å²) in [6.07, 6.45) is 0.255. The minimum Gasteiger partial charge on any atom is -0.504 e. The van der Waals surface area contributed by atoms with Crippen LogP contribution in [0.4, 0.5) is 5.69 Å². The summed E-state index contributed by atoms with van der Waals surface area (Å²) in [5.74, 6) is -0.480. The second-order valence-corrected chi connectivity index (χ2v) is 5.78. The van der Waals surface area contributed by atoms with Crippen LogP contribution in [0.2, 0.25) is 0 Å². The molecule has 2 atom stereocenters. The minimum atomic E-state index is -0.528. The zero-order valence-electron chi connectivity index (χ0n) is 13.2. The van der Waals surface area contributed by atoms with Crippen molar-refractivity contribution in [1.29, 1.82) is 0 Å². The molecule has 2 aromatic rings. The van der Waals surface area contributed by atoms with Gasteiger partial charge in [0, 0.05) is 17.3 Å². The van der Waals surface area contributed by atoms with E-state index in [1.165, 1.54) is 6.07 Å². The van der Waals surface area contributed by atoms with Crippen LogP contribution in [0.5, 0.6) is 11.5 Å². The molecule has 23 heavy (non-hydrogen) atoms. The lowest BCUT2D eigenvalue weighted by Crippen LogP contribution is -2.47. The summed E-state index contributed by atoms with van der Waals surface area (Å²) < 4.78 is 0. The first-order chi connectivity index (χ1) is 11.0. The van der Waals surface area contributed by atoms with Crippen molar-refractivity contribution in [3.8, 4) is 11.5 Å². The van der Waals surface area contributed by atoms with Crippen molar-refractivity contribution in [2.75, 3.05) is 5.32 Å².